The molecule has 7 heteroatoms. The van der Waals surface area contributed by atoms with Gasteiger partial charge in [-0.25, -0.2) is 13.1 Å². The molecule has 0 amide bonds. The van der Waals surface area contributed by atoms with Crippen LogP contribution in [0.15, 0.2) is 14.7 Å². The van der Waals surface area contributed by atoms with Gasteiger partial charge in [0.2, 0.25) is 10.0 Å². The van der Waals surface area contributed by atoms with E-state index in [4.69, 9.17) is 5.73 Å². The molecule has 1 atom stereocenters. The maximum Gasteiger partial charge on any atom is 0.242 e. The number of hydrogen-bond donors (Lipinski definition) is 2. The maximum absolute atomic E-state index is 12.3. The van der Waals surface area contributed by atoms with Gasteiger partial charge in [-0.15, -0.1) is 11.3 Å². The van der Waals surface area contributed by atoms with Gasteiger partial charge in [0.25, 0.3) is 0 Å². The number of nitrogens with two attached hydrogens (primary N) is 1. The average Bonchev–Trinajstić information content (AvgIpc) is 2.71. The largest absolute Gasteiger partial charge is 0.326 e. The van der Waals surface area contributed by atoms with Gasteiger partial charge in [-0.1, -0.05) is 26.2 Å². The molecule has 0 fully saturated rings. The second kappa shape index (κ2) is 7.73. The van der Waals surface area contributed by atoms with E-state index in [0.29, 0.717) is 15.2 Å². The molecule has 4 nitrogen and oxygen atoms in total. The number of rotatable bonds is 8. The van der Waals surface area contributed by atoms with E-state index in [1.54, 1.807) is 6.07 Å². The molecule has 0 saturated heterocycles. The van der Waals surface area contributed by atoms with E-state index in [2.05, 4.69) is 27.6 Å². The first kappa shape index (κ1) is 17.1. The summed E-state index contributed by atoms with van der Waals surface area (Å²) in [6.07, 6.45) is 4.17. The average molecular weight is 369 g/mol. The lowest BCUT2D eigenvalue weighted by molar-refractivity contribution is 0.527. The second-order valence-electron chi connectivity index (χ2n) is 4.57. The van der Waals surface area contributed by atoms with Crippen molar-refractivity contribution in [3.05, 3.63) is 14.7 Å². The highest BCUT2D eigenvalue weighted by molar-refractivity contribution is 9.11. The number of halogens is 1. The van der Waals surface area contributed by atoms with Crippen LogP contribution in [-0.4, -0.2) is 14.5 Å². The van der Waals surface area contributed by atoms with E-state index in [9.17, 15) is 8.42 Å². The van der Waals surface area contributed by atoms with E-state index in [1.807, 2.05) is 6.92 Å². The Hall–Kier alpha value is 0.0500. The van der Waals surface area contributed by atoms with Crippen molar-refractivity contribution in [2.24, 2.45) is 5.73 Å². The van der Waals surface area contributed by atoms with Crippen LogP contribution in [0, 0.1) is 0 Å². The Balaban J connectivity index is 2.72. The lowest BCUT2D eigenvalue weighted by atomic mass is 10.1. The zero-order valence-electron chi connectivity index (χ0n) is 11.3. The molecule has 19 heavy (non-hydrogen) atoms. The molecule has 0 aliphatic rings. The zero-order chi connectivity index (χ0) is 14.5. The Kier molecular flexibility index (Phi) is 6.96. The van der Waals surface area contributed by atoms with Crippen molar-refractivity contribution in [1.29, 1.82) is 0 Å². The summed E-state index contributed by atoms with van der Waals surface area (Å²) in [7, 11) is -3.46. The predicted octanol–water partition coefficient (Wildman–Crippen LogP) is 3.22. The van der Waals surface area contributed by atoms with Crippen LogP contribution in [0.3, 0.4) is 0 Å². The minimum absolute atomic E-state index is 0.0512. The van der Waals surface area contributed by atoms with Crippen LogP contribution in [0.1, 0.15) is 44.4 Å². The Morgan fingerprint density at radius 2 is 2.16 bits per heavy atom. The van der Waals surface area contributed by atoms with Crippen LogP contribution in [0.2, 0.25) is 0 Å². The Morgan fingerprint density at radius 3 is 2.68 bits per heavy atom. The molecule has 0 saturated carbocycles. The van der Waals surface area contributed by atoms with Crippen LogP contribution >= 0.6 is 27.3 Å². The summed E-state index contributed by atoms with van der Waals surface area (Å²) in [4.78, 5) is 1.14. The smallest absolute Gasteiger partial charge is 0.242 e. The summed E-state index contributed by atoms with van der Waals surface area (Å²) in [6, 6.07) is 1.58. The number of nitrogens with one attached hydrogen (secondary N) is 1. The third-order valence-electron chi connectivity index (χ3n) is 2.79. The topological polar surface area (TPSA) is 72.2 Å². The molecule has 0 aliphatic heterocycles. The minimum atomic E-state index is -3.46. The third-order valence-corrected chi connectivity index (χ3v) is 6.66. The van der Waals surface area contributed by atoms with Crippen LogP contribution in [0.4, 0.5) is 0 Å². The Labute approximate surface area is 128 Å². The monoisotopic (exact) mass is 368 g/mol. The summed E-state index contributed by atoms with van der Waals surface area (Å²) >= 11 is 4.65. The van der Waals surface area contributed by atoms with Crippen LogP contribution in [0.5, 0.6) is 0 Å². The Bertz CT molecular complexity index is 500. The lowest BCUT2D eigenvalue weighted by Gasteiger charge is -2.13. The second-order valence-corrected chi connectivity index (χ2v) is 8.71. The van der Waals surface area contributed by atoms with Gasteiger partial charge in [-0.2, -0.15) is 0 Å². The van der Waals surface area contributed by atoms with Gasteiger partial charge >= 0.3 is 0 Å². The molecule has 1 aromatic rings. The first-order valence-corrected chi connectivity index (χ1v) is 9.50. The SMILES string of the molecule is CCCCCC(C)NS(=O)(=O)c1cc(CN)sc1Br. The van der Waals surface area contributed by atoms with Gasteiger partial charge in [-0.05, 0) is 35.3 Å². The molecular formula is C12H21BrN2O2S2. The van der Waals surface area contributed by atoms with E-state index in [0.717, 1.165) is 30.6 Å². The quantitative estimate of drug-likeness (QED) is 0.691. The zero-order valence-corrected chi connectivity index (χ0v) is 14.5. The molecule has 110 valence electrons. The molecule has 3 N–H and O–H groups in total. The van der Waals surface area contributed by atoms with Crippen molar-refractivity contribution in [1.82, 2.24) is 4.72 Å². The molecular weight excluding hydrogens is 348 g/mol. The highest BCUT2D eigenvalue weighted by atomic mass is 79.9. The van der Waals surface area contributed by atoms with Crippen LogP contribution in [-0.2, 0) is 16.6 Å². The van der Waals surface area contributed by atoms with Crippen molar-refractivity contribution in [2.75, 3.05) is 0 Å². The van der Waals surface area contributed by atoms with E-state index >= 15 is 0 Å². The summed E-state index contributed by atoms with van der Waals surface area (Å²) in [5.74, 6) is 0. The predicted molar refractivity (Wildman–Crippen MR) is 83.8 cm³/mol. The summed E-state index contributed by atoms with van der Waals surface area (Å²) in [6.45, 7) is 4.38. The first-order valence-electron chi connectivity index (χ1n) is 6.41. The van der Waals surface area contributed by atoms with Crippen LogP contribution < -0.4 is 10.5 Å². The number of unbranched alkanes of at least 4 members (excludes halogenated alkanes) is 2. The molecule has 1 unspecified atom stereocenters. The molecule has 0 aromatic carbocycles. The minimum Gasteiger partial charge on any atom is -0.326 e. The van der Waals surface area contributed by atoms with Gasteiger partial charge in [0.05, 0.1) is 3.79 Å². The fraction of sp³-hybridized carbons (Fsp3) is 0.667. The third kappa shape index (κ3) is 5.15. The van der Waals surface area contributed by atoms with Crippen molar-refractivity contribution in [3.63, 3.8) is 0 Å². The fourth-order valence-electron chi connectivity index (χ4n) is 1.77. The molecule has 1 heterocycles. The standard InChI is InChI=1S/C12H21BrN2O2S2/c1-3-4-5-6-9(2)15-19(16,17)11-7-10(8-14)18-12(11)13/h7,9,15H,3-6,8,14H2,1-2H3. The van der Waals surface area contributed by atoms with Crippen molar-refractivity contribution in [2.45, 2.75) is 57.0 Å². The van der Waals surface area contributed by atoms with Crippen molar-refractivity contribution >= 4 is 37.3 Å². The number of sulfonamides is 1. The first-order chi connectivity index (χ1) is 8.90. The molecule has 0 spiro atoms. The molecule has 0 aliphatic carbocycles. The molecule has 1 aromatic heterocycles. The highest BCUT2D eigenvalue weighted by Gasteiger charge is 2.22. The van der Waals surface area contributed by atoms with Crippen LogP contribution in [0.25, 0.3) is 0 Å². The Morgan fingerprint density at radius 1 is 1.47 bits per heavy atom. The normalized spacial score (nSPS) is 13.7. The number of thiophene rings is 1. The fourth-order valence-corrected chi connectivity index (χ4v) is 5.61. The maximum atomic E-state index is 12.3. The summed E-state index contributed by atoms with van der Waals surface area (Å²) < 4.78 is 27.8. The van der Waals surface area contributed by atoms with Gasteiger partial charge in [0.1, 0.15) is 4.90 Å². The van der Waals surface area contributed by atoms with Crippen molar-refractivity contribution in [3.8, 4) is 0 Å². The molecule has 1 rings (SSSR count). The molecule has 0 radical (unpaired) electrons. The highest BCUT2D eigenvalue weighted by Crippen LogP contribution is 2.31. The molecule has 0 bridgehead atoms. The van der Waals surface area contributed by atoms with E-state index < -0.39 is 10.0 Å². The van der Waals surface area contributed by atoms with Crippen molar-refractivity contribution < 1.29 is 8.42 Å². The van der Waals surface area contributed by atoms with E-state index in [1.165, 1.54) is 11.3 Å². The number of hydrogen-bond acceptors (Lipinski definition) is 4. The lowest BCUT2D eigenvalue weighted by Crippen LogP contribution is -2.32. The van der Waals surface area contributed by atoms with Gasteiger partial charge < -0.3 is 5.73 Å². The van der Waals surface area contributed by atoms with Gasteiger partial charge in [0, 0.05) is 17.5 Å². The van der Waals surface area contributed by atoms with Gasteiger partial charge in [-0.3, -0.25) is 0 Å². The van der Waals surface area contributed by atoms with Gasteiger partial charge in [0.15, 0.2) is 0 Å². The summed E-state index contributed by atoms with van der Waals surface area (Å²) in [5.41, 5.74) is 5.53. The summed E-state index contributed by atoms with van der Waals surface area (Å²) in [5, 5.41) is 0. The van der Waals surface area contributed by atoms with E-state index in [-0.39, 0.29) is 6.04 Å².